The summed E-state index contributed by atoms with van der Waals surface area (Å²) in [4.78, 5) is 64.0. The van der Waals surface area contributed by atoms with Crippen molar-refractivity contribution in [3.63, 3.8) is 0 Å². The summed E-state index contributed by atoms with van der Waals surface area (Å²) in [5, 5.41) is 16.6. The number of nitrogens with zero attached hydrogens (tertiary/aromatic N) is 8. The number of nitrogens with one attached hydrogen (secondary N) is 2. The molecule has 6 heterocycles. The second kappa shape index (κ2) is 19.4. The van der Waals surface area contributed by atoms with Gasteiger partial charge in [0.25, 0.3) is 11.8 Å². The lowest BCUT2D eigenvalue weighted by Gasteiger charge is -2.40. The number of imidazole rings is 2. The van der Waals surface area contributed by atoms with Gasteiger partial charge in [-0.3, -0.25) is 18.7 Å². The van der Waals surface area contributed by atoms with Crippen LogP contribution in [0, 0.1) is 0 Å². The van der Waals surface area contributed by atoms with Crippen LogP contribution in [-0.4, -0.2) is 116 Å². The number of carbonyl (C=O) groups excluding carboxylic acids is 3. The van der Waals surface area contributed by atoms with E-state index >= 15 is 0 Å². The summed E-state index contributed by atoms with van der Waals surface area (Å²) in [5.41, 5.74) is 2.13. The third-order valence-electron chi connectivity index (χ3n) is 14.3. The van der Waals surface area contributed by atoms with Crippen molar-refractivity contribution in [2.24, 2.45) is 0 Å². The van der Waals surface area contributed by atoms with E-state index in [4.69, 9.17) is 23.1 Å². The number of hydrogen-bond acceptors (Lipinski definition) is 15. The summed E-state index contributed by atoms with van der Waals surface area (Å²) in [6.07, 6.45) is 5.54. The second-order valence-corrected chi connectivity index (χ2v) is 30.7. The summed E-state index contributed by atoms with van der Waals surface area (Å²) in [6.45, 7) is 21.8. The van der Waals surface area contributed by atoms with Crippen molar-refractivity contribution < 1.29 is 42.6 Å². The first-order chi connectivity index (χ1) is 33.0. The fraction of sp³-hybridized carbons (Fsp3) is 0.490. The number of fused-ring (bicyclic) bond motifs is 2. The third kappa shape index (κ3) is 10.5. The van der Waals surface area contributed by atoms with Crippen molar-refractivity contribution in [2.45, 2.75) is 146 Å². The number of amides is 2. The predicted molar refractivity (Wildman–Crippen MR) is 267 cm³/mol. The van der Waals surface area contributed by atoms with Crippen LogP contribution in [0.5, 0.6) is 0 Å². The first-order valence-electron chi connectivity index (χ1n) is 23.5. The average Bonchev–Trinajstić information content (AvgIpc) is 3.77. The molecule has 1 saturated carbocycles. The molecule has 2 aromatic carbocycles. The summed E-state index contributed by atoms with van der Waals surface area (Å²) < 4.78 is 34.4. The van der Waals surface area contributed by atoms with Gasteiger partial charge in [-0.25, -0.2) is 34.7 Å². The number of carbonyl (C=O) groups is 3. The summed E-state index contributed by atoms with van der Waals surface area (Å²) in [7, 11) is -2.93. The lowest BCUT2D eigenvalue weighted by atomic mass is 10.1. The van der Waals surface area contributed by atoms with Crippen LogP contribution in [0.3, 0.4) is 0 Å². The Kier molecular flexibility index (Phi) is 14.0. The number of esters is 1. The zero-order valence-electron chi connectivity index (χ0n) is 41.7. The van der Waals surface area contributed by atoms with Gasteiger partial charge in [0.05, 0.1) is 37.6 Å². The number of rotatable bonds is 12. The van der Waals surface area contributed by atoms with Crippen molar-refractivity contribution in [1.29, 1.82) is 0 Å². The van der Waals surface area contributed by atoms with E-state index < -0.39 is 59.0 Å². The maximum absolute atomic E-state index is 12.7. The van der Waals surface area contributed by atoms with E-state index in [1.807, 2.05) is 28.8 Å². The zero-order valence-corrected chi connectivity index (χ0v) is 43.7. The number of ether oxygens (including phenoxy) is 3. The van der Waals surface area contributed by atoms with Crippen LogP contribution in [0.1, 0.15) is 100 Å². The molecule has 2 amide bonds. The van der Waals surface area contributed by atoms with Crippen molar-refractivity contribution in [2.75, 3.05) is 17.7 Å². The molecule has 3 aliphatic rings. The van der Waals surface area contributed by atoms with Gasteiger partial charge in [0.1, 0.15) is 31.2 Å². The quantitative estimate of drug-likeness (QED) is 0.0775. The van der Waals surface area contributed by atoms with E-state index in [2.05, 4.69) is 108 Å². The Balaban J connectivity index is 0.000000188. The van der Waals surface area contributed by atoms with E-state index in [1.165, 1.54) is 19.8 Å². The molecule has 3 N–H and O–H groups in total. The SMILES string of the molecule is CC(C)(C)[Si](C)(C)O[C@@H]1C[C@H](n2cnc3c(NC(=O)c4ccccc4)ncnc32)O[C@@H]1C1(O)CC1.COC(=O)[C@H]1O[C@@H](n2cnc3c(NC(=O)c4ccccc4)ncnc32)C[C@H]1O[Si](C)(C)C(C)(C)C. The van der Waals surface area contributed by atoms with Gasteiger partial charge in [-0.1, -0.05) is 77.9 Å². The van der Waals surface area contributed by atoms with E-state index in [-0.39, 0.29) is 28.0 Å². The van der Waals surface area contributed by atoms with Crippen LogP contribution in [0.4, 0.5) is 11.6 Å². The molecule has 0 unspecified atom stereocenters. The second-order valence-electron chi connectivity index (χ2n) is 21.2. The largest absolute Gasteiger partial charge is 0.467 e. The smallest absolute Gasteiger partial charge is 0.337 e. The highest BCUT2D eigenvalue weighted by Gasteiger charge is 2.58. The topological polar surface area (TPSA) is 229 Å². The molecule has 3 fully saturated rings. The highest BCUT2D eigenvalue weighted by molar-refractivity contribution is 6.74. The van der Waals surface area contributed by atoms with Crippen LogP contribution < -0.4 is 10.6 Å². The lowest BCUT2D eigenvalue weighted by molar-refractivity contribution is -0.158. The maximum Gasteiger partial charge on any atom is 0.337 e. The van der Waals surface area contributed by atoms with Crippen molar-refractivity contribution in [3.05, 3.63) is 97.1 Å². The Morgan fingerprint density at radius 2 is 1.09 bits per heavy atom. The fourth-order valence-electron chi connectivity index (χ4n) is 8.01. The first kappa shape index (κ1) is 50.6. The zero-order chi connectivity index (χ0) is 50.4. The molecule has 0 spiro atoms. The first-order valence-corrected chi connectivity index (χ1v) is 29.4. The Labute approximate surface area is 409 Å². The molecule has 6 aromatic rings. The molecule has 0 bridgehead atoms. The number of benzene rings is 2. The van der Waals surface area contributed by atoms with Gasteiger partial charge in [0.2, 0.25) is 0 Å². The normalized spacial score (nSPS) is 22.3. The van der Waals surface area contributed by atoms with Crippen LogP contribution in [-0.2, 0) is 27.9 Å². The van der Waals surface area contributed by atoms with Gasteiger partial charge < -0.3 is 38.8 Å². The maximum atomic E-state index is 12.7. The lowest BCUT2D eigenvalue weighted by Crippen LogP contribution is -2.48. The molecule has 0 radical (unpaired) electrons. The minimum absolute atomic E-state index is 0.0352. The van der Waals surface area contributed by atoms with Crippen molar-refractivity contribution >= 4 is 68.4 Å². The Hall–Kier alpha value is -5.82. The number of aromatic nitrogens is 8. The van der Waals surface area contributed by atoms with Gasteiger partial charge in [-0.2, -0.15) is 0 Å². The van der Waals surface area contributed by atoms with Crippen molar-refractivity contribution in [1.82, 2.24) is 39.0 Å². The van der Waals surface area contributed by atoms with Gasteiger partial charge in [0, 0.05) is 24.0 Å². The summed E-state index contributed by atoms with van der Waals surface area (Å²) in [6, 6.07) is 17.8. The molecular formula is C49H64N10O9Si2. The van der Waals surface area contributed by atoms with Crippen LogP contribution >= 0.6 is 0 Å². The minimum atomic E-state index is -2.18. The third-order valence-corrected chi connectivity index (χ3v) is 23.3. The fourth-order valence-corrected chi connectivity index (χ4v) is 10.7. The van der Waals surface area contributed by atoms with E-state index in [9.17, 15) is 19.5 Å². The molecule has 19 nitrogen and oxygen atoms in total. The van der Waals surface area contributed by atoms with E-state index in [0.29, 0.717) is 70.8 Å². The van der Waals surface area contributed by atoms with Crippen LogP contribution in [0.25, 0.3) is 22.3 Å². The molecule has 1 aliphatic carbocycles. The Morgan fingerprint density at radius 3 is 1.51 bits per heavy atom. The minimum Gasteiger partial charge on any atom is -0.467 e. The molecular weight excluding hydrogens is 929 g/mol. The molecule has 372 valence electrons. The number of anilines is 2. The van der Waals surface area contributed by atoms with Gasteiger partial charge in [-0.05, 0) is 73.4 Å². The predicted octanol–water partition coefficient (Wildman–Crippen LogP) is 8.21. The Bertz CT molecular complexity index is 2840. The molecule has 9 rings (SSSR count). The molecule has 2 saturated heterocycles. The summed E-state index contributed by atoms with van der Waals surface area (Å²) >= 11 is 0. The standard InChI is InChI=1S/C25H33N5O4Si.C24H31N5O5Si/c1-24(2,3)35(4,5)34-17-13-18(33-20(17)25(32)11-12-25)30-15-28-19-21(26-14-27-22(19)30)29-23(31)16-9-7-6-8-10-16;1-24(2,3)35(5,6)34-16-12-17(33-19(16)23(31)32-4)29-14-27-18-20(25-13-26-21(18)29)28-22(30)15-10-8-7-9-11-15/h6-10,14-15,17-18,20,32H,11-13H2,1-5H3,(H,26,27,29,31);7-11,13-14,16-17,19H,12H2,1-6H3,(H,25,26,28,30)/t17-,18-,20+;16-,17-,19+/m11/s1. The van der Waals surface area contributed by atoms with E-state index in [0.717, 1.165) is 0 Å². The van der Waals surface area contributed by atoms with Crippen LogP contribution in [0.15, 0.2) is 86.0 Å². The Morgan fingerprint density at radius 1 is 0.657 bits per heavy atom. The van der Waals surface area contributed by atoms with Gasteiger partial charge >= 0.3 is 5.97 Å². The van der Waals surface area contributed by atoms with Crippen molar-refractivity contribution in [3.8, 4) is 0 Å². The van der Waals surface area contributed by atoms with E-state index in [1.54, 1.807) is 53.6 Å². The molecule has 21 heteroatoms. The monoisotopic (exact) mass is 992 g/mol. The van der Waals surface area contributed by atoms with Crippen LogP contribution in [0.2, 0.25) is 36.3 Å². The number of hydrogen-bond donors (Lipinski definition) is 3. The molecule has 6 atom stereocenters. The number of aliphatic hydroxyl groups is 1. The van der Waals surface area contributed by atoms with Gasteiger partial charge in [0.15, 0.2) is 56.7 Å². The summed E-state index contributed by atoms with van der Waals surface area (Å²) in [5.74, 6) is -0.417. The average molecular weight is 993 g/mol. The number of methoxy groups -OCH3 is 1. The molecule has 2 aliphatic heterocycles. The molecule has 4 aromatic heterocycles. The molecule has 70 heavy (non-hydrogen) atoms. The van der Waals surface area contributed by atoms with Gasteiger partial charge in [-0.15, -0.1) is 0 Å². The highest BCUT2D eigenvalue weighted by atomic mass is 28.4. The highest BCUT2D eigenvalue weighted by Crippen LogP contribution is 2.50.